The Morgan fingerprint density at radius 3 is 2.73 bits per heavy atom. The number of aromatic nitrogens is 4. The molecule has 1 aromatic carbocycles. The number of rotatable bonds is 5. The van der Waals surface area contributed by atoms with Gasteiger partial charge in [-0.15, -0.1) is 0 Å². The Morgan fingerprint density at radius 1 is 1.18 bits per heavy atom. The number of amides is 1. The van der Waals surface area contributed by atoms with E-state index in [1.807, 2.05) is 39.1 Å². The largest absolute Gasteiger partial charge is 0.486 e. The molecule has 5 rings (SSSR count). The zero-order valence-electron chi connectivity index (χ0n) is 18.8. The van der Waals surface area contributed by atoms with Crippen LogP contribution >= 0.6 is 11.8 Å². The van der Waals surface area contributed by atoms with Gasteiger partial charge in [-0.1, -0.05) is 17.8 Å². The fraction of sp³-hybridized carbons (Fsp3) is 0.391. The van der Waals surface area contributed by atoms with Crippen molar-refractivity contribution in [1.82, 2.24) is 24.2 Å². The maximum absolute atomic E-state index is 13.7. The standard InChI is InChI=1S/C23H25N5O4S/c1-14-18(15(2)26(3)25-14)13-27(12-16-4-5-19-20(10-16)32-8-7-31-19)21(29)17-11-24-23-28(22(17)30)6-9-33-23/h4-5,10-11H,6-9,12-13H2,1-3H3. The van der Waals surface area contributed by atoms with Gasteiger partial charge >= 0.3 is 0 Å². The van der Waals surface area contributed by atoms with Gasteiger partial charge < -0.3 is 14.4 Å². The molecule has 0 bridgehead atoms. The van der Waals surface area contributed by atoms with E-state index in [9.17, 15) is 9.59 Å². The van der Waals surface area contributed by atoms with E-state index >= 15 is 0 Å². The topological polar surface area (TPSA) is 91.5 Å². The highest BCUT2D eigenvalue weighted by Crippen LogP contribution is 2.31. The summed E-state index contributed by atoms with van der Waals surface area (Å²) in [6.07, 6.45) is 1.41. The predicted molar refractivity (Wildman–Crippen MR) is 123 cm³/mol. The smallest absolute Gasteiger partial charge is 0.267 e. The normalized spacial score (nSPS) is 14.3. The van der Waals surface area contributed by atoms with E-state index in [1.54, 1.807) is 14.1 Å². The van der Waals surface area contributed by atoms with Gasteiger partial charge in [-0.05, 0) is 31.5 Å². The van der Waals surface area contributed by atoms with Crippen molar-refractivity contribution in [2.45, 2.75) is 38.6 Å². The van der Waals surface area contributed by atoms with Gasteiger partial charge in [-0.2, -0.15) is 5.10 Å². The Bertz CT molecular complexity index is 1300. The molecule has 9 nitrogen and oxygen atoms in total. The van der Waals surface area contributed by atoms with Crippen LogP contribution in [0.5, 0.6) is 11.5 Å². The maximum Gasteiger partial charge on any atom is 0.267 e. The van der Waals surface area contributed by atoms with Crippen molar-refractivity contribution in [3.63, 3.8) is 0 Å². The Hall–Kier alpha value is -3.27. The van der Waals surface area contributed by atoms with Crippen LogP contribution in [0.4, 0.5) is 0 Å². The summed E-state index contributed by atoms with van der Waals surface area (Å²) in [5.74, 6) is 1.79. The van der Waals surface area contributed by atoms with E-state index in [0.717, 1.165) is 28.3 Å². The van der Waals surface area contributed by atoms with Gasteiger partial charge in [0, 0.05) is 49.9 Å². The second-order valence-corrected chi connectivity index (χ2v) is 9.23. The summed E-state index contributed by atoms with van der Waals surface area (Å²) >= 11 is 1.53. The first kappa shape index (κ1) is 21.6. The number of hydrogen-bond donors (Lipinski definition) is 0. The Balaban J connectivity index is 1.51. The van der Waals surface area contributed by atoms with Crippen molar-refractivity contribution in [3.8, 4) is 11.5 Å². The Kier molecular flexibility index (Phi) is 5.61. The molecule has 10 heteroatoms. The molecule has 0 fully saturated rings. The fourth-order valence-electron chi connectivity index (χ4n) is 4.18. The van der Waals surface area contributed by atoms with Gasteiger partial charge in [0.2, 0.25) is 0 Å². The number of benzene rings is 1. The predicted octanol–water partition coefficient (Wildman–Crippen LogP) is 2.31. The molecule has 172 valence electrons. The van der Waals surface area contributed by atoms with Crippen molar-refractivity contribution < 1.29 is 14.3 Å². The fourth-order valence-corrected chi connectivity index (χ4v) is 5.09. The van der Waals surface area contributed by atoms with Crippen LogP contribution in [0.2, 0.25) is 0 Å². The Morgan fingerprint density at radius 2 is 1.97 bits per heavy atom. The minimum atomic E-state index is -0.350. The lowest BCUT2D eigenvalue weighted by molar-refractivity contribution is 0.0725. The van der Waals surface area contributed by atoms with Crippen LogP contribution in [0.1, 0.15) is 32.9 Å². The van der Waals surface area contributed by atoms with E-state index in [1.165, 1.54) is 18.0 Å². The lowest BCUT2D eigenvalue weighted by Gasteiger charge is -2.24. The zero-order chi connectivity index (χ0) is 23.1. The molecule has 0 N–H and O–H groups in total. The van der Waals surface area contributed by atoms with E-state index in [0.29, 0.717) is 49.5 Å². The van der Waals surface area contributed by atoms with Crippen LogP contribution in [0, 0.1) is 13.8 Å². The average molecular weight is 468 g/mol. The van der Waals surface area contributed by atoms with Gasteiger partial charge in [0.05, 0.1) is 5.69 Å². The number of fused-ring (bicyclic) bond motifs is 2. The minimum Gasteiger partial charge on any atom is -0.486 e. The monoisotopic (exact) mass is 467 g/mol. The molecule has 3 aromatic rings. The van der Waals surface area contributed by atoms with Crippen LogP contribution in [0.3, 0.4) is 0 Å². The summed E-state index contributed by atoms with van der Waals surface area (Å²) in [7, 11) is 1.88. The first-order valence-corrected chi connectivity index (χ1v) is 11.8. The molecule has 4 heterocycles. The number of carbonyl (C=O) groups is 1. The summed E-state index contributed by atoms with van der Waals surface area (Å²) in [4.78, 5) is 32.8. The van der Waals surface area contributed by atoms with Crippen LogP contribution in [-0.4, -0.2) is 49.1 Å². The zero-order valence-corrected chi connectivity index (χ0v) is 19.6. The number of aryl methyl sites for hydroxylation is 2. The van der Waals surface area contributed by atoms with E-state index in [2.05, 4.69) is 10.1 Å². The van der Waals surface area contributed by atoms with Crippen molar-refractivity contribution in [3.05, 3.63) is 62.8 Å². The first-order valence-electron chi connectivity index (χ1n) is 10.8. The van der Waals surface area contributed by atoms with Gasteiger partial charge in [-0.25, -0.2) is 4.98 Å². The van der Waals surface area contributed by atoms with E-state index in [-0.39, 0.29) is 17.0 Å². The molecule has 0 radical (unpaired) electrons. The third-order valence-electron chi connectivity index (χ3n) is 6.06. The molecule has 1 amide bonds. The quantitative estimate of drug-likeness (QED) is 0.532. The summed E-state index contributed by atoms with van der Waals surface area (Å²) < 4.78 is 14.7. The third-order valence-corrected chi connectivity index (χ3v) is 7.03. The molecule has 0 aliphatic carbocycles. The maximum atomic E-state index is 13.7. The molecule has 0 atom stereocenters. The van der Waals surface area contributed by atoms with Gasteiger partial charge in [-0.3, -0.25) is 18.8 Å². The van der Waals surface area contributed by atoms with E-state index in [4.69, 9.17) is 9.47 Å². The van der Waals surface area contributed by atoms with Crippen molar-refractivity contribution in [2.24, 2.45) is 7.05 Å². The molecule has 0 spiro atoms. The summed E-state index contributed by atoms with van der Waals surface area (Å²) in [6, 6.07) is 5.67. The molecule has 0 unspecified atom stereocenters. The molecular weight excluding hydrogens is 442 g/mol. The van der Waals surface area contributed by atoms with Gasteiger partial charge in [0.1, 0.15) is 18.8 Å². The SMILES string of the molecule is Cc1nn(C)c(C)c1CN(Cc1ccc2c(c1)OCCO2)C(=O)c1cnc2n(c1=O)CCS2. The molecule has 2 aliphatic rings. The number of hydrogen-bond acceptors (Lipinski definition) is 7. The lowest BCUT2D eigenvalue weighted by atomic mass is 10.1. The molecule has 0 saturated heterocycles. The first-order chi connectivity index (χ1) is 15.9. The molecule has 2 aromatic heterocycles. The average Bonchev–Trinajstić information content (AvgIpc) is 3.39. The molecule has 0 saturated carbocycles. The van der Waals surface area contributed by atoms with Crippen LogP contribution in [-0.2, 0) is 26.7 Å². The van der Waals surface area contributed by atoms with Crippen molar-refractivity contribution >= 4 is 17.7 Å². The number of thioether (sulfide) groups is 1. The minimum absolute atomic E-state index is 0.0815. The molecule has 2 aliphatic heterocycles. The number of nitrogens with zero attached hydrogens (tertiary/aromatic N) is 5. The highest BCUT2D eigenvalue weighted by Gasteiger charge is 2.26. The second kappa shape index (κ2) is 8.58. The summed E-state index contributed by atoms with van der Waals surface area (Å²) in [5.41, 5.74) is 3.48. The van der Waals surface area contributed by atoms with Gasteiger partial charge in [0.15, 0.2) is 16.7 Å². The number of carbonyl (C=O) groups excluding carboxylic acids is 1. The van der Waals surface area contributed by atoms with Crippen LogP contribution in [0.25, 0.3) is 0 Å². The summed E-state index contributed by atoms with van der Waals surface area (Å²) in [6.45, 7) is 6.11. The van der Waals surface area contributed by atoms with Crippen LogP contribution < -0.4 is 15.0 Å². The number of ether oxygens (including phenoxy) is 2. The highest BCUT2D eigenvalue weighted by molar-refractivity contribution is 7.99. The molecular formula is C23H25N5O4S. The summed E-state index contributed by atoms with van der Waals surface area (Å²) in [5, 5.41) is 5.15. The Labute approximate surface area is 195 Å². The lowest BCUT2D eigenvalue weighted by Crippen LogP contribution is -2.36. The molecule has 33 heavy (non-hydrogen) atoms. The van der Waals surface area contributed by atoms with E-state index < -0.39 is 0 Å². The second-order valence-electron chi connectivity index (χ2n) is 8.17. The van der Waals surface area contributed by atoms with Crippen molar-refractivity contribution in [1.29, 1.82) is 0 Å². The van der Waals surface area contributed by atoms with Gasteiger partial charge in [0.25, 0.3) is 11.5 Å². The van der Waals surface area contributed by atoms with Crippen LogP contribution in [0.15, 0.2) is 34.3 Å². The third kappa shape index (κ3) is 3.99. The highest BCUT2D eigenvalue weighted by atomic mass is 32.2. The van der Waals surface area contributed by atoms with Crippen molar-refractivity contribution in [2.75, 3.05) is 19.0 Å².